The van der Waals surface area contributed by atoms with Crippen molar-refractivity contribution in [2.45, 2.75) is 38.6 Å². The molecule has 0 amide bonds. The van der Waals surface area contributed by atoms with Gasteiger partial charge in [0.15, 0.2) is 11.5 Å². The second kappa shape index (κ2) is 6.78. The van der Waals surface area contributed by atoms with Gasteiger partial charge in [-0.3, -0.25) is 0 Å². The fourth-order valence-corrected chi connectivity index (χ4v) is 4.01. The smallest absolute Gasteiger partial charge is 0.243 e. The number of imidazole rings is 1. The highest BCUT2D eigenvalue weighted by Crippen LogP contribution is 2.30. The fraction of sp³-hybridized carbons (Fsp3) is 0.400. The number of fused-ring (bicyclic) bond motifs is 2. The quantitative estimate of drug-likeness (QED) is 0.567. The molecule has 1 saturated carbocycles. The van der Waals surface area contributed by atoms with E-state index in [0.29, 0.717) is 12.0 Å². The maximum Gasteiger partial charge on any atom is 0.243 e. The third-order valence-corrected chi connectivity index (χ3v) is 5.63. The second-order valence-corrected chi connectivity index (χ2v) is 7.61. The summed E-state index contributed by atoms with van der Waals surface area (Å²) in [5.74, 6) is 2.27. The van der Waals surface area contributed by atoms with Gasteiger partial charge in [-0.05, 0) is 49.8 Å². The maximum absolute atomic E-state index is 4.74. The minimum Gasteiger partial charge on any atom is -0.371 e. The third kappa shape index (κ3) is 2.94. The molecule has 4 aromatic heterocycles. The summed E-state index contributed by atoms with van der Waals surface area (Å²) in [6, 6.07) is 6.42. The molecule has 0 aromatic carbocycles. The van der Waals surface area contributed by atoms with Crippen molar-refractivity contribution < 1.29 is 0 Å². The van der Waals surface area contributed by atoms with Gasteiger partial charge in [-0.2, -0.15) is 10.1 Å². The number of rotatable bonds is 4. The van der Waals surface area contributed by atoms with Crippen LogP contribution < -0.4 is 10.6 Å². The molecule has 4 aromatic rings. The lowest BCUT2D eigenvalue weighted by Crippen LogP contribution is -2.26. The predicted molar refractivity (Wildman–Crippen MR) is 110 cm³/mol. The lowest BCUT2D eigenvalue weighted by Gasteiger charge is -2.27. The molecule has 0 radical (unpaired) electrons. The van der Waals surface area contributed by atoms with Gasteiger partial charge in [0.25, 0.3) is 0 Å². The summed E-state index contributed by atoms with van der Waals surface area (Å²) >= 11 is 0. The number of anilines is 2. The molecule has 2 N–H and O–H groups in total. The van der Waals surface area contributed by atoms with Crippen molar-refractivity contribution in [2.24, 2.45) is 5.92 Å². The average Bonchev–Trinajstić information content (AvgIpc) is 3.35. The van der Waals surface area contributed by atoms with Crippen LogP contribution in [-0.2, 0) is 0 Å². The van der Waals surface area contributed by atoms with E-state index in [0.717, 1.165) is 34.2 Å². The molecule has 1 aliphatic rings. The van der Waals surface area contributed by atoms with Gasteiger partial charge in [-0.15, -0.1) is 5.10 Å². The molecule has 0 bridgehead atoms. The molecular formula is C20H24N8. The van der Waals surface area contributed by atoms with Gasteiger partial charge in [-0.1, -0.05) is 6.92 Å². The molecule has 0 unspecified atom stereocenters. The van der Waals surface area contributed by atoms with Crippen molar-refractivity contribution >= 4 is 22.9 Å². The average molecular weight is 376 g/mol. The molecule has 1 fully saturated rings. The molecule has 4 heterocycles. The zero-order chi connectivity index (χ0) is 19.1. The normalized spacial score (nSPS) is 19.9. The van der Waals surface area contributed by atoms with Gasteiger partial charge in [0.2, 0.25) is 5.95 Å². The largest absolute Gasteiger partial charge is 0.371 e. The molecule has 8 nitrogen and oxygen atoms in total. The van der Waals surface area contributed by atoms with Gasteiger partial charge in [-0.25, -0.2) is 14.0 Å². The van der Waals surface area contributed by atoms with Gasteiger partial charge >= 0.3 is 0 Å². The summed E-state index contributed by atoms with van der Waals surface area (Å²) in [5, 5.41) is 16.1. The first-order valence-electron chi connectivity index (χ1n) is 9.85. The van der Waals surface area contributed by atoms with Crippen LogP contribution in [0.15, 0.2) is 36.8 Å². The summed E-state index contributed by atoms with van der Waals surface area (Å²) in [6.07, 6.45) is 10.4. The first kappa shape index (κ1) is 17.0. The number of hydrogen-bond donors (Lipinski definition) is 2. The molecule has 1 aliphatic carbocycles. The Hall–Kier alpha value is -3.16. The first-order valence-corrected chi connectivity index (χ1v) is 9.85. The number of nitrogens with zero attached hydrogens (tertiary/aromatic N) is 6. The summed E-state index contributed by atoms with van der Waals surface area (Å²) in [5.41, 5.74) is 3.58. The molecule has 5 rings (SSSR count). The molecule has 0 atom stereocenters. The summed E-state index contributed by atoms with van der Waals surface area (Å²) in [7, 11) is 1.89. The highest BCUT2D eigenvalue weighted by atomic mass is 15.3. The van der Waals surface area contributed by atoms with E-state index in [2.05, 4.69) is 27.6 Å². The Morgan fingerprint density at radius 3 is 2.68 bits per heavy atom. The van der Waals surface area contributed by atoms with E-state index in [9.17, 15) is 0 Å². The summed E-state index contributed by atoms with van der Waals surface area (Å²) < 4.78 is 3.65. The van der Waals surface area contributed by atoms with Crippen molar-refractivity contribution in [1.29, 1.82) is 0 Å². The van der Waals surface area contributed by atoms with Crippen LogP contribution in [0.2, 0.25) is 0 Å². The highest BCUT2D eigenvalue weighted by Gasteiger charge is 2.20. The second-order valence-electron chi connectivity index (χ2n) is 7.61. The fourth-order valence-electron chi connectivity index (χ4n) is 4.01. The van der Waals surface area contributed by atoms with Crippen LogP contribution in [0, 0.1) is 5.92 Å². The predicted octanol–water partition coefficient (Wildman–Crippen LogP) is 3.47. The topological polar surface area (TPSA) is 84.4 Å². The maximum atomic E-state index is 4.74. The van der Waals surface area contributed by atoms with E-state index in [1.807, 2.05) is 42.2 Å². The van der Waals surface area contributed by atoms with E-state index in [-0.39, 0.29) is 0 Å². The Kier molecular flexibility index (Phi) is 4.11. The van der Waals surface area contributed by atoms with Crippen molar-refractivity contribution in [3.05, 3.63) is 36.8 Å². The molecule has 8 heteroatoms. The van der Waals surface area contributed by atoms with Gasteiger partial charge < -0.3 is 10.6 Å². The number of aromatic nitrogens is 6. The summed E-state index contributed by atoms with van der Waals surface area (Å²) in [6.45, 7) is 2.33. The standard InChI is InChI=1S/C20H24N8/c1-13-3-5-14(6-4-13)23-20-24-19(21-2)18-15(9-11-28(18)26-20)16-7-8-17-22-10-12-27(17)25-16/h7-14H,3-6H2,1-2H3,(H2,21,23,24,26). The zero-order valence-electron chi connectivity index (χ0n) is 16.1. The Balaban J connectivity index is 1.52. The van der Waals surface area contributed by atoms with E-state index in [4.69, 9.17) is 10.1 Å². The van der Waals surface area contributed by atoms with Gasteiger partial charge in [0.1, 0.15) is 5.52 Å². The van der Waals surface area contributed by atoms with Gasteiger partial charge in [0, 0.05) is 37.2 Å². The Bertz CT molecular complexity index is 1120. The monoisotopic (exact) mass is 376 g/mol. The van der Waals surface area contributed by atoms with Crippen molar-refractivity contribution in [2.75, 3.05) is 17.7 Å². The van der Waals surface area contributed by atoms with Crippen LogP contribution in [-0.4, -0.2) is 42.3 Å². The Labute approximate surface area is 163 Å². The number of hydrogen-bond acceptors (Lipinski definition) is 6. The molecule has 0 aliphatic heterocycles. The van der Waals surface area contributed by atoms with Crippen LogP contribution >= 0.6 is 0 Å². The SMILES string of the molecule is CNc1nc(NC2CCC(C)CC2)nn2ccc(-c3ccc4nccn4n3)c12. The number of nitrogens with one attached hydrogen (secondary N) is 2. The van der Waals surface area contributed by atoms with E-state index in [1.165, 1.54) is 25.7 Å². The third-order valence-electron chi connectivity index (χ3n) is 5.63. The van der Waals surface area contributed by atoms with E-state index in [1.54, 1.807) is 10.7 Å². The Morgan fingerprint density at radius 2 is 1.86 bits per heavy atom. The first-order chi connectivity index (χ1) is 13.7. The van der Waals surface area contributed by atoms with E-state index >= 15 is 0 Å². The molecule has 28 heavy (non-hydrogen) atoms. The Morgan fingerprint density at radius 1 is 1.00 bits per heavy atom. The van der Waals surface area contributed by atoms with Crippen LogP contribution in [0.3, 0.4) is 0 Å². The molecule has 0 saturated heterocycles. The van der Waals surface area contributed by atoms with Crippen molar-refractivity contribution in [1.82, 2.24) is 29.2 Å². The van der Waals surface area contributed by atoms with Crippen LogP contribution in [0.25, 0.3) is 22.4 Å². The van der Waals surface area contributed by atoms with Crippen molar-refractivity contribution in [3.8, 4) is 11.3 Å². The van der Waals surface area contributed by atoms with Crippen LogP contribution in [0.5, 0.6) is 0 Å². The van der Waals surface area contributed by atoms with E-state index < -0.39 is 0 Å². The minimum atomic E-state index is 0.443. The lowest BCUT2D eigenvalue weighted by atomic mass is 9.87. The van der Waals surface area contributed by atoms with Crippen LogP contribution in [0.1, 0.15) is 32.6 Å². The molecular weight excluding hydrogens is 352 g/mol. The van der Waals surface area contributed by atoms with Gasteiger partial charge in [0.05, 0.1) is 5.69 Å². The highest BCUT2D eigenvalue weighted by molar-refractivity contribution is 5.87. The minimum absolute atomic E-state index is 0.443. The zero-order valence-corrected chi connectivity index (χ0v) is 16.1. The summed E-state index contributed by atoms with van der Waals surface area (Å²) in [4.78, 5) is 9.00. The molecule has 0 spiro atoms. The van der Waals surface area contributed by atoms with Crippen LogP contribution in [0.4, 0.5) is 11.8 Å². The van der Waals surface area contributed by atoms with Crippen molar-refractivity contribution in [3.63, 3.8) is 0 Å². The lowest BCUT2D eigenvalue weighted by molar-refractivity contribution is 0.360. The molecule has 144 valence electrons.